The summed E-state index contributed by atoms with van der Waals surface area (Å²) >= 11 is 0. The molecule has 2 fully saturated rings. The molecule has 2 aliphatic heterocycles. The van der Waals surface area contributed by atoms with Gasteiger partial charge in [0.05, 0.1) is 17.7 Å². The molecule has 116 valence electrons. The summed E-state index contributed by atoms with van der Waals surface area (Å²) in [5.74, 6) is -0.493. The third kappa shape index (κ3) is 2.06. The molecule has 3 heterocycles. The number of rotatable bonds is 1. The summed E-state index contributed by atoms with van der Waals surface area (Å²) in [6.45, 7) is 2.11. The van der Waals surface area contributed by atoms with Crippen molar-refractivity contribution in [3.8, 4) is 0 Å². The van der Waals surface area contributed by atoms with Crippen LogP contribution in [0.15, 0.2) is 27.4 Å². The molecular formula is C16H18N2O4. The second kappa shape index (κ2) is 4.98. The Morgan fingerprint density at radius 3 is 3.00 bits per heavy atom. The van der Waals surface area contributed by atoms with Gasteiger partial charge in [-0.3, -0.25) is 9.78 Å². The van der Waals surface area contributed by atoms with Gasteiger partial charge < -0.3 is 14.1 Å². The summed E-state index contributed by atoms with van der Waals surface area (Å²) < 4.78 is 10.6. The van der Waals surface area contributed by atoms with E-state index in [0.717, 1.165) is 38.8 Å². The van der Waals surface area contributed by atoms with Gasteiger partial charge in [-0.15, -0.1) is 0 Å². The van der Waals surface area contributed by atoms with Crippen molar-refractivity contribution >= 4 is 17.0 Å². The molecule has 1 atom stereocenters. The number of carbonyl (C=O) groups excluding carboxylic acids is 1. The summed E-state index contributed by atoms with van der Waals surface area (Å²) in [5.41, 5.74) is 1.47. The van der Waals surface area contributed by atoms with E-state index in [1.54, 1.807) is 18.2 Å². The van der Waals surface area contributed by atoms with Crippen molar-refractivity contribution in [2.24, 2.45) is 0 Å². The average Bonchev–Trinajstić information content (AvgIpc) is 3.12. The number of carbonyl (C=O) groups is 1. The van der Waals surface area contributed by atoms with Crippen molar-refractivity contribution in [3.63, 3.8) is 0 Å². The number of aromatic amines is 1. The molecule has 22 heavy (non-hydrogen) atoms. The van der Waals surface area contributed by atoms with E-state index in [-0.39, 0.29) is 11.4 Å². The number of benzene rings is 1. The predicted molar refractivity (Wildman–Crippen MR) is 79.9 cm³/mol. The van der Waals surface area contributed by atoms with Crippen LogP contribution in [-0.2, 0) is 4.74 Å². The molecular weight excluding hydrogens is 284 g/mol. The molecule has 2 saturated heterocycles. The highest BCUT2D eigenvalue weighted by molar-refractivity contribution is 5.97. The van der Waals surface area contributed by atoms with Crippen LogP contribution in [-0.4, -0.2) is 41.1 Å². The lowest BCUT2D eigenvalue weighted by Gasteiger charge is -2.44. The fraction of sp³-hybridized carbons (Fsp3) is 0.500. The monoisotopic (exact) mass is 302 g/mol. The second-order valence-electron chi connectivity index (χ2n) is 6.17. The molecule has 6 nitrogen and oxygen atoms in total. The van der Waals surface area contributed by atoms with Gasteiger partial charge in [0.15, 0.2) is 5.58 Å². The highest BCUT2D eigenvalue weighted by Gasteiger charge is 2.44. The zero-order chi connectivity index (χ0) is 15.2. The standard InChI is InChI=1S/C16H18N2O4/c19-14(11-3-4-13-12(9-11)17-15(20)22-13)18-7-2-1-5-16(18)6-8-21-10-16/h3-4,9H,1-2,5-8,10H2,(H,17,20)/t16-/m0/s1. The van der Waals surface area contributed by atoms with E-state index in [4.69, 9.17) is 9.15 Å². The largest absolute Gasteiger partial charge is 0.417 e. The van der Waals surface area contributed by atoms with Gasteiger partial charge >= 0.3 is 5.76 Å². The molecule has 1 spiro atoms. The predicted octanol–water partition coefficient (Wildman–Crippen LogP) is 1.91. The van der Waals surface area contributed by atoms with E-state index in [1.807, 2.05) is 4.90 Å². The summed E-state index contributed by atoms with van der Waals surface area (Å²) in [7, 11) is 0. The Labute approximate surface area is 127 Å². The Morgan fingerprint density at radius 1 is 1.27 bits per heavy atom. The van der Waals surface area contributed by atoms with Crippen molar-refractivity contribution in [1.29, 1.82) is 0 Å². The van der Waals surface area contributed by atoms with Crippen molar-refractivity contribution in [1.82, 2.24) is 9.88 Å². The molecule has 2 aromatic rings. The van der Waals surface area contributed by atoms with Gasteiger partial charge in [0.25, 0.3) is 5.91 Å². The molecule has 2 aliphatic rings. The zero-order valence-corrected chi connectivity index (χ0v) is 12.3. The number of hydrogen-bond donors (Lipinski definition) is 1. The minimum Gasteiger partial charge on any atom is -0.408 e. The van der Waals surface area contributed by atoms with Crippen LogP contribution < -0.4 is 5.76 Å². The third-order valence-corrected chi connectivity index (χ3v) is 4.84. The SMILES string of the molecule is O=C(c1ccc2oc(=O)[nH]c2c1)N1CCCC[C@@]12CCOC2. The van der Waals surface area contributed by atoms with Crippen LogP contribution in [0, 0.1) is 0 Å². The molecule has 0 unspecified atom stereocenters. The molecule has 1 N–H and O–H groups in total. The normalized spacial score (nSPS) is 25.2. The molecule has 0 radical (unpaired) electrons. The van der Waals surface area contributed by atoms with E-state index in [9.17, 15) is 9.59 Å². The van der Waals surface area contributed by atoms with Crippen LogP contribution in [0.2, 0.25) is 0 Å². The summed E-state index contributed by atoms with van der Waals surface area (Å²) in [4.78, 5) is 28.8. The smallest absolute Gasteiger partial charge is 0.408 e. The first-order chi connectivity index (χ1) is 10.7. The molecule has 0 saturated carbocycles. The fourth-order valence-corrected chi connectivity index (χ4v) is 3.66. The minimum absolute atomic E-state index is 0.00847. The Hall–Kier alpha value is -2.08. The van der Waals surface area contributed by atoms with Crippen LogP contribution in [0.4, 0.5) is 0 Å². The number of piperidine rings is 1. The molecule has 0 aliphatic carbocycles. The fourth-order valence-electron chi connectivity index (χ4n) is 3.66. The lowest BCUT2D eigenvalue weighted by Crippen LogP contribution is -2.55. The summed E-state index contributed by atoms with van der Waals surface area (Å²) in [6.07, 6.45) is 4.08. The van der Waals surface area contributed by atoms with Crippen molar-refractivity contribution < 1.29 is 13.9 Å². The number of aromatic nitrogens is 1. The van der Waals surface area contributed by atoms with Gasteiger partial charge in [-0.05, 0) is 43.9 Å². The maximum Gasteiger partial charge on any atom is 0.417 e. The van der Waals surface area contributed by atoms with Crippen LogP contribution in [0.3, 0.4) is 0 Å². The number of oxazole rings is 1. The maximum atomic E-state index is 13.0. The third-order valence-electron chi connectivity index (χ3n) is 4.84. The molecule has 0 bridgehead atoms. The van der Waals surface area contributed by atoms with Crippen LogP contribution in [0.1, 0.15) is 36.0 Å². The highest BCUT2D eigenvalue weighted by Crippen LogP contribution is 2.36. The number of likely N-dealkylation sites (tertiary alicyclic amines) is 1. The zero-order valence-electron chi connectivity index (χ0n) is 12.3. The van der Waals surface area contributed by atoms with E-state index >= 15 is 0 Å². The number of nitrogens with one attached hydrogen (secondary N) is 1. The number of fused-ring (bicyclic) bond motifs is 1. The lowest BCUT2D eigenvalue weighted by atomic mass is 9.85. The van der Waals surface area contributed by atoms with Crippen molar-refractivity contribution in [3.05, 3.63) is 34.3 Å². The number of H-pyrrole nitrogens is 1. The second-order valence-corrected chi connectivity index (χ2v) is 6.17. The molecule has 1 aromatic carbocycles. The Bertz CT molecular complexity index is 770. The van der Waals surface area contributed by atoms with Gasteiger partial charge in [0, 0.05) is 18.7 Å². The lowest BCUT2D eigenvalue weighted by molar-refractivity contribution is 0.0256. The van der Waals surface area contributed by atoms with Crippen LogP contribution in [0.5, 0.6) is 0 Å². The van der Waals surface area contributed by atoms with Crippen molar-refractivity contribution in [2.75, 3.05) is 19.8 Å². The number of nitrogens with zero attached hydrogens (tertiary/aromatic N) is 1. The van der Waals surface area contributed by atoms with Gasteiger partial charge in [-0.1, -0.05) is 0 Å². The molecule has 4 rings (SSSR count). The molecule has 6 heteroatoms. The van der Waals surface area contributed by atoms with E-state index < -0.39 is 5.76 Å². The average molecular weight is 302 g/mol. The first-order valence-corrected chi connectivity index (χ1v) is 7.71. The maximum absolute atomic E-state index is 13.0. The Kier molecular flexibility index (Phi) is 3.07. The van der Waals surface area contributed by atoms with Gasteiger partial charge in [-0.2, -0.15) is 0 Å². The topological polar surface area (TPSA) is 75.5 Å². The first kappa shape index (κ1) is 13.6. The first-order valence-electron chi connectivity index (χ1n) is 7.71. The Morgan fingerprint density at radius 2 is 2.18 bits per heavy atom. The van der Waals surface area contributed by atoms with E-state index in [1.165, 1.54) is 0 Å². The van der Waals surface area contributed by atoms with Crippen LogP contribution >= 0.6 is 0 Å². The summed E-state index contributed by atoms with van der Waals surface area (Å²) in [6, 6.07) is 5.09. The minimum atomic E-state index is -0.502. The van der Waals surface area contributed by atoms with Gasteiger partial charge in [-0.25, -0.2) is 4.79 Å². The van der Waals surface area contributed by atoms with Crippen LogP contribution in [0.25, 0.3) is 11.1 Å². The quantitative estimate of drug-likeness (QED) is 0.873. The summed E-state index contributed by atoms with van der Waals surface area (Å²) in [5, 5.41) is 0. The number of ether oxygens (including phenoxy) is 1. The van der Waals surface area contributed by atoms with Crippen molar-refractivity contribution in [2.45, 2.75) is 31.2 Å². The molecule has 1 amide bonds. The van der Waals surface area contributed by atoms with E-state index in [2.05, 4.69) is 4.98 Å². The number of amides is 1. The number of hydrogen-bond acceptors (Lipinski definition) is 4. The van der Waals surface area contributed by atoms with Gasteiger partial charge in [0.2, 0.25) is 0 Å². The van der Waals surface area contributed by atoms with E-state index in [0.29, 0.717) is 23.3 Å². The van der Waals surface area contributed by atoms with Gasteiger partial charge in [0.1, 0.15) is 0 Å². The highest BCUT2D eigenvalue weighted by atomic mass is 16.5. The Balaban J connectivity index is 1.70. The molecule has 1 aromatic heterocycles.